The van der Waals surface area contributed by atoms with Crippen LogP contribution in [0.3, 0.4) is 0 Å². The van der Waals surface area contributed by atoms with E-state index in [0.717, 1.165) is 119 Å². The van der Waals surface area contributed by atoms with E-state index in [-0.39, 0.29) is 11.8 Å². The van der Waals surface area contributed by atoms with E-state index in [9.17, 15) is 9.59 Å². The fourth-order valence-electron chi connectivity index (χ4n) is 8.16. The number of hydrogen-bond donors (Lipinski definition) is 2. The number of pyridine rings is 2. The van der Waals surface area contributed by atoms with Gasteiger partial charge in [-0.1, -0.05) is 59.6 Å². The molecule has 2 atom stereocenters. The van der Waals surface area contributed by atoms with Crippen molar-refractivity contribution in [2.24, 2.45) is 0 Å². The number of piperazine rings is 2. The standard InChI is InChI=1S/2C22H20ClN3O2/c2*23-15-11-14-12-20(22(27)26-9-7-24-8-10-26)28-21(14)18(13-15)16-5-6-25-19-4-2-1-3-17(16)19/h2*1-6,11,13,20,24H,7-10,12H2/t2*20-/m10/s1. The van der Waals surface area contributed by atoms with Crippen LogP contribution in [-0.2, 0) is 22.4 Å². The zero-order chi connectivity index (χ0) is 38.2. The van der Waals surface area contributed by atoms with Crippen molar-refractivity contribution < 1.29 is 19.1 Å². The molecule has 6 heterocycles. The van der Waals surface area contributed by atoms with Gasteiger partial charge < -0.3 is 29.9 Å². The average Bonchev–Trinajstić information content (AvgIpc) is 3.88. The first-order valence-electron chi connectivity index (χ1n) is 19.1. The highest BCUT2D eigenvalue weighted by atomic mass is 35.5. The summed E-state index contributed by atoms with van der Waals surface area (Å²) >= 11 is 12.9. The van der Waals surface area contributed by atoms with Crippen LogP contribution in [0.2, 0.25) is 10.0 Å². The second kappa shape index (κ2) is 15.7. The number of carbonyl (C=O) groups excluding carboxylic acids is 2. The van der Waals surface area contributed by atoms with Crippen LogP contribution < -0.4 is 20.1 Å². The normalized spacial score (nSPS) is 18.8. The van der Waals surface area contributed by atoms with Crippen molar-refractivity contribution in [2.75, 3.05) is 52.4 Å². The third-order valence-electron chi connectivity index (χ3n) is 10.9. The van der Waals surface area contributed by atoms with Gasteiger partial charge in [-0.15, -0.1) is 0 Å². The molecule has 2 saturated heterocycles. The van der Waals surface area contributed by atoms with Crippen molar-refractivity contribution in [1.82, 2.24) is 30.4 Å². The SMILES string of the molecule is O=C([C@@H]1Cc2cc(Cl)cc(-c3ccnc4ccccc34)c2O1)N1CCNCC1.O=C([C@H]1Cc2cc(Cl)cc(-c3ccnc4ccccc34)c2O1)N1CCNCC1. The number of carbonyl (C=O) groups is 2. The van der Waals surface area contributed by atoms with Gasteiger partial charge in [0.25, 0.3) is 11.8 Å². The third kappa shape index (κ3) is 7.14. The lowest BCUT2D eigenvalue weighted by atomic mass is 9.97. The van der Waals surface area contributed by atoms with Crippen LogP contribution in [0.15, 0.2) is 97.3 Å². The Balaban J connectivity index is 0.000000146. The van der Waals surface area contributed by atoms with Gasteiger partial charge in [0, 0.05) is 121 Å². The fraction of sp³-hybridized carbons (Fsp3) is 0.273. The van der Waals surface area contributed by atoms with E-state index in [1.165, 1.54) is 0 Å². The molecule has 56 heavy (non-hydrogen) atoms. The first kappa shape index (κ1) is 36.4. The topological polar surface area (TPSA) is 109 Å². The van der Waals surface area contributed by atoms with Crippen molar-refractivity contribution in [3.05, 3.63) is 118 Å². The second-order valence-corrected chi connectivity index (χ2v) is 15.3. The van der Waals surface area contributed by atoms with Crippen molar-refractivity contribution >= 4 is 56.8 Å². The maximum atomic E-state index is 12.9. The van der Waals surface area contributed by atoms with Crippen molar-refractivity contribution in [2.45, 2.75) is 25.0 Å². The molecule has 0 aliphatic carbocycles. The minimum atomic E-state index is -0.488. The van der Waals surface area contributed by atoms with Crippen LogP contribution in [0.4, 0.5) is 0 Å². The fourth-order valence-corrected chi connectivity index (χ4v) is 8.65. The van der Waals surface area contributed by atoms with E-state index in [4.69, 9.17) is 32.7 Å². The van der Waals surface area contributed by atoms with Crippen LogP contribution in [0, 0.1) is 0 Å². The van der Waals surface area contributed by atoms with Crippen molar-refractivity contribution in [3.8, 4) is 33.8 Å². The number of nitrogens with one attached hydrogen (secondary N) is 2. The van der Waals surface area contributed by atoms with Crippen LogP contribution in [0.25, 0.3) is 44.1 Å². The van der Waals surface area contributed by atoms with E-state index >= 15 is 0 Å². The largest absolute Gasteiger partial charge is 0.479 e. The summed E-state index contributed by atoms with van der Waals surface area (Å²) in [5, 5.41) is 9.92. The number of para-hydroxylation sites is 2. The number of amides is 2. The monoisotopic (exact) mass is 786 g/mol. The number of hydrogen-bond acceptors (Lipinski definition) is 8. The maximum Gasteiger partial charge on any atom is 0.264 e. The average molecular weight is 788 g/mol. The van der Waals surface area contributed by atoms with Crippen LogP contribution in [0.1, 0.15) is 11.1 Å². The summed E-state index contributed by atoms with van der Waals surface area (Å²) in [6.45, 7) is 6.18. The van der Waals surface area contributed by atoms with Crippen LogP contribution in [-0.4, -0.2) is 96.1 Å². The quantitative estimate of drug-likeness (QED) is 0.207. The Morgan fingerprint density at radius 1 is 0.571 bits per heavy atom. The molecule has 4 aromatic carbocycles. The molecule has 12 heteroatoms. The summed E-state index contributed by atoms with van der Waals surface area (Å²) in [7, 11) is 0. The number of nitrogens with zero attached hydrogens (tertiary/aromatic N) is 4. The summed E-state index contributed by atoms with van der Waals surface area (Å²) < 4.78 is 12.4. The lowest BCUT2D eigenvalue weighted by molar-refractivity contribution is -0.139. The minimum Gasteiger partial charge on any atom is -0.479 e. The van der Waals surface area contributed by atoms with E-state index < -0.39 is 12.2 Å². The first-order valence-corrected chi connectivity index (χ1v) is 19.8. The summed E-state index contributed by atoms with van der Waals surface area (Å²) in [6.07, 6.45) is 3.72. The Labute approximate surface area is 334 Å². The lowest BCUT2D eigenvalue weighted by Crippen LogP contribution is -2.50. The van der Waals surface area contributed by atoms with Crippen molar-refractivity contribution in [1.29, 1.82) is 0 Å². The Hall–Kier alpha value is -5.26. The number of aromatic nitrogens is 2. The molecular formula is C44H40Cl2N6O4. The highest BCUT2D eigenvalue weighted by molar-refractivity contribution is 6.31. The molecule has 0 spiro atoms. The second-order valence-electron chi connectivity index (χ2n) is 14.4. The van der Waals surface area contributed by atoms with E-state index in [1.54, 1.807) is 12.4 Å². The molecule has 2 aromatic heterocycles. The lowest BCUT2D eigenvalue weighted by Gasteiger charge is -2.29. The molecule has 10 nitrogen and oxygen atoms in total. The molecule has 0 saturated carbocycles. The van der Waals surface area contributed by atoms with Gasteiger partial charge in [0.1, 0.15) is 11.5 Å². The molecule has 2 amide bonds. The van der Waals surface area contributed by atoms with Crippen molar-refractivity contribution in [3.63, 3.8) is 0 Å². The summed E-state index contributed by atoms with van der Waals surface area (Å²) in [6, 6.07) is 27.6. The molecule has 0 bridgehead atoms. The van der Waals surface area contributed by atoms with Gasteiger partial charge >= 0.3 is 0 Å². The number of benzene rings is 4. The number of halogens is 2. The molecule has 6 aromatic rings. The summed E-state index contributed by atoms with van der Waals surface area (Å²) in [4.78, 5) is 38.6. The maximum absolute atomic E-state index is 12.9. The predicted molar refractivity (Wildman–Crippen MR) is 220 cm³/mol. The molecular weight excluding hydrogens is 747 g/mol. The molecule has 2 N–H and O–H groups in total. The van der Waals surface area contributed by atoms with Crippen LogP contribution >= 0.6 is 23.2 Å². The van der Waals surface area contributed by atoms with Crippen LogP contribution in [0.5, 0.6) is 11.5 Å². The summed E-state index contributed by atoms with van der Waals surface area (Å²) in [5.74, 6) is 1.63. The Morgan fingerprint density at radius 2 is 0.982 bits per heavy atom. The molecule has 0 radical (unpaired) electrons. The van der Waals surface area contributed by atoms with E-state index in [0.29, 0.717) is 22.9 Å². The zero-order valence-electron chi connectivity index (χ0n) is 30.6. The van der Waals surface area contributed by atoms with E-state index in [1.807, 2.05) is 94.7 Å². The molecule has 10 rings (SSSR count). The van der Waals surface area contributed by atoms with Gasteiger partial charge in [-0.05, 0) is 59.7 Å². The molecule has 2 fully saturated rings. The number of ether oxygens (including phenoxy) is 2. The van der Waals surface area contributed by atoms with Gasteiger partial charge in [0.05, 0.1) is 11.0 Å². The minimum absolute atomic E-state index is 0.0550. The number of fused-ring (bicyclic) bond motifs is 4. The van der Waals surface area contributed by atoms with Gasteiger partial charge in [0.2, 0.25) is 0 Å². The molecule has 0 unspecified atom stereocenters. The highest BCUT2D eigenvalue weighted by Gasteiger charge is 2.36. The Kier molecular flexibility index (Phi) is 10.2. The molecule has 284 valence electrons. The molecule has 4 aliphatic heterocycles. The highest BCUT2D eigenvalue weighted by Crippen LogP contribution is 2.45. The zero-order valence-corrected chi connectivity index (χ0v) is 32.2. The Bertz CT molecular complexity index is 2290. The Morgan fingerprint density at radius 3 is 1.41 bits per heavy atom. The third-order valence-corrected chi connectivity index (χ3v) is 11.3. The first-order chi connectivity index (χ1) is 27.4. The number of rotatable bonds is 4. The van der Waals surface area contributed by atoms with Gasteiger partial charge in [-0.25, -0.2) is 0 Å². The van der Waals surface area contributed by atoms with Gasteiger partial charge in [-0.3, -0.25) is 19.6 Å². The van der Waals surface area contributed by atoms with Gasteiger partial charge in [0.15, 0.2) is 12.2 Å². The van der Waals surface area contributed by atoms with Gasteiger partial charge in [-0.2, -0.15) is 0 Å². The predicted octanol–water partition coefficient (Wildman–Crippen LogP) is 6.58. The molecule has 4 aliphatic rings. The smallest absolute Gasteiger partial charge is 0.264 e. The van der Waals surface area contributed by atoms with E-state index in [2.05, 4.69) is 20.6 Å². The summed E-state index contributed by atoms with van der Waals surface area (Å²) in [5.41, 5.74) is 7.65.